The molecule has 2 rings (SSSR count). The normalized spacial score (nSPS) is 12.3. The third-order valence-electron chi connectivity index (χ3n) is 2.65. The number of benzene rings is 1. The summed E-state index contributed by atoms with van der Waals surface area (Å²) in [6, 6.07) is 8.29. The van der Waals surface area contributed by atoms with E-state index in [1.165, 1.54) is 6.33 Å². The minimum atomic E-state index is -0.914. The van der Waals surface area contributed by atoms with Gasteiger partial charge in [0.2, 0.25) is 0 Å². The van der Waals surface area contributed by atoms with Gasteiger partial charge in [-0.15, -0.1) is 0 Å². The summed E-state index contributed by atoms with van der Waals surface area (Å²) in [6.07, 6.45) is 1.44. The summed E-state index contributed by atoms with van der Waals surface area (Å²) in [6.45, 7) is 0.350. The first-order valence-corrected chi connectivity index (χ1v) is 5.52. The van der Waals surface area contributed by atoms with E-state index in [-0.39, 0.29) is 0 Å². The number of carboxylic acids is 1. The van der Waals surface area contributed by atoms with E-state index in [2.05, 4.69) is 15.4 Å². The van der Waals surface area contributed by atoms with Gasteiger partial charge in [-0.25, -0.2) is 4.98 Å². The van der Waals surface area contributed by atoms with Gasteiger partial charge in [0.05, 0.1) is 6.54 Å². The molecule has 0 radical (unpaired) electrons. The topological polar surface area (TPSA) is 80.0 Å². The second-order valence-corrected chi connectivity index (χ2v) is 3.86. The Balaban J connectivity index is 2.09. The number of nitrogens with one attached hydrogen (secondary N) is 1. The zero-order valence-electron chi connectivity index (χ0n) is 9.95. The van der Waals surface area contributed by atoms with Crippen molar-refractivity contribution in [1.82, 2.24) is 20.1 Å². The Morgan fingerprint density at radius 2 is 2.17 bits per heavy atom. The summed E-state index contributed by atoms with van der Waals surface area (Å²) < 4.78 is 1.61. The molecule has 0 amide bonds. The molecule has 18 heavy (non-hydrogen) atoms. The molecule has 1 aromatic carbocycles. The van der Waals surface area contributed by atoms with E-state index >= 15 is 0 Å². The maximum absolute atomic E-state index is 11.2. The Morgan fingerprint density at radius 1 is 1.44 bits per heavy atom. The predicted octanol–water partition coefficient (Wildman–Crippen LogP) is 0.731. The van der Waals surface area contributed by atoms with Gasteiger partial charge in [-0.1, -0.05) is 30.3 Å². The summed E-state index contributed by atoms with van der Waals surface area (Å²) in [4.78, 5) is 15.3. The molecule has 0 bridgehead atoms. The summed E-state index contributed by atoms with van der Waals surface area (Å²) in [5, 5.41) is 16.1. The summed E-state index contributed by atoms with van der Waals surface area (Å²) in [5.41, 5.74) is 0.715. The minimum absolute atomic E-state index is 0.350. The quantitative estimate of drug-likeness (QED) is 0.813. The average Bonchev–Trinajstić information content (AvgIpc) is 2.76. The molecule has 6 heteroatoms. The number of aliphatic carboxylic acids is 1. The van der Waals surface area contributed by atoms with Crippen LogP contribution in [0.25, 0.3) is 0 Å². The van der Waals surface area contributed by atoms with Crippen LogP contribution >= 0.6 is 0 Å². The monoisotopic (exact) mass is 246 g/mol. The number of carbonyl (C=O) groups is 1. The Morgan fingerprint density at radius 3 is 2.72 bits per heavy atom. The number of nitrogens with zero attached hydrogens (tertiary/aromatic N) is 3. The Kier molecular flexibility index (Phi) is 3.69. The molecule has 0 saturated heterocycles. The molecule has 0 fully saturated rings. The first-order valence-electron chi connectivity index (χ1n) is 5.52. The number of carboxylic acid groups (broad SMARTS) is 1. The molecule has 2 N–H and O–H groups in total. The highest BCUT2D eigenvalue weighted by Crippen LogP contribution is 2.13. The molecule has 94 valence electrons. The molecule has 1 atom stereocenters. The molecule has 2 aromatic rings. The third kappa shape index (κ3) is 2.72. The van der Waals surface area contributed by atoms with Crippen LogP contribution in [0.5, 0.6) is 0 Å². The van der Waals surface area contributed by atoms with Gasteiger partial charge < -0.3 is 5.11 Å². The lowest BCUT2D eigenvalue weighted by Gasteiger charge is -2.14. The average molecular weight is 246 g/mol. The van der Waals surface area contributed by atoms with Crippen LogP contribution in [0, 0.1) is 0 Å². The van der Waals surface area contributed by atoms with Crippen LogP contribution in [0.15, 0.2) is 36.7 Å². The van der Waals surface area contributed by atoms with E-state index in [0.29, 0.717) is 17.9 Å². The molecule has 0 spiro atoms. The van der Waals surface area contributed by atoms with Gasteiger partial charge >= 0.3 is 5.97 Å². The molecule has 0 saturated carbocycles. The van der Waals surface area contributed by atoms with Gasteiger partial charge in [-0.05, 0) is 5.56 Å². The van der Waals surface area contributed by atoms with Crippen molar-refractivity contribution in [3.8, 4) is 0 Å². The zero-order valence-corrected chi connectivity index (χ0v) is 9.95. The van der Waals surface area contributed by atoms with Gasteiger partial charge in [0, 0.05) is 7.05 Å². The van der Waals surface area contributed by atoms with Crippen molar-refractivity contribution in [3.63, 3.8) is 0 Å². The first-order chi connectivity index (χ1) is 8.68. The maximum Gasteiger partial charge on any atom is 0.325 e. The fourth-order valence-electron chi connectivity index (χ4n) is 1.67. The summed E-state index contributed by atoms with van der Waals surface area (Å²) in [5.74, 6) is -0.222. The van der Waals surface area contributed by atoms with Crippen LogP contribution in [0.3, 0.4) is 0 Å². The molecule has 0 aliphatic carbocycles. The van der Waals surface area contributed by atoms with Gasteiger partial charge in [0.1, 0.15) is 18.2 Å². The van der Waals surface area contributed by atoms with Crippen molar-refractivity contribution >= 4 is 5.97 Å². The van der Waals surface area contributed by atoms with Crippen molar-refractivity contribution in [2.75, 3.05) is 0 Å². The molecule has 1 heterocycles. The smallest absolute Gasteiger partial charge is 0.325 e. The highest BCUT2D eigenvalue weighted by Gasteiger charge is 2.19. The van der Waals surface area contributed by atoms with E-state index in [4.69, 9.17) is 0 Å². The number of hydrogen-bond acceptors (Lipinski definition) is 4. The van der Waals surface area contributed by atoms with Gasteiger partial charge in [0.25, 0.3) is 0 Å². The highest BCUT2D eigenvalue weighted by atomic mass is 16.4. The second-order valence-electron chi connectivity index (χ2n) is 3.86. The van der Waals surface area contributed by atoms with Gasteiger partial charge in [-0.2, -0.15) is 5.10 Å². The van der Waals surface area contributed by atoms with Gasteiger partial charge in [0.15, 0.2) is 0 Å². The fraction of sp³-hybridized carbons (Fsp3) is 0.250. The molecule has 1 aromatic heterocycles. The van der Waals surface area contributed by atoms with Crippen LogP contribution in [0.2, 0.25) is 0 Å². The lowest BCUT2D eigenvalue weighted by molar-refractivity contribution is -0.139. The largest absolute Gasteiger partial charge is 0.480 e. The molecule has 0 aliphatic heterocycles. The van der Waals surface area contributed by atoms with Gasteiger partial charge in [-0.3, -0.25) is 14.8 Å². The van der Waals surface area contributed by atoms with Crippen LogP contribution in [-0.2, 0) is 18.4 Å². The van der Waals surface area contributed by atoms with Crippen LogP contribution < -0.4 is 5.32 Å². The van der Waals surface area contributed by atoms with Crippen molar-refractivity contribution < 1.29 is 9.90 Å². The van der Waals surface area contributed by atoms with E-state index in [9.17, 15) is 9.90 Å². The van der Waals surface area contributed by atoms with E-state index in [1.807, 2.05) is 18.2 Å². The fourth-order valence-corrected chi connectivity index (χ4v) is 1.67. The van der Waals surface area contributed by atoms with Crippen molar-refractivity contribution in [2.24, 2.45) is 7.05 Å². The van der Waals surface area contributed by atoms with E-state index in [0.717, 1.165) is 0 Å². The minimum Gasteiger partial charge on any atom is -0.480 e. The summed E-state index contributed by atoms with van der Waals surface area (Å²) >= 11 is 0. The lowest BCUT2D eigenvalue weighted by atomic mass is 10.1. The standard InChI is InChI=1S/C12H14N4O2/c1-16-10(14-8-15-16)7-13-11(12(17)18)9-5-3-2-4-6-9/h2-6,8,11,13H,7H2,1H3,(H,17,18). The number of aromatic nitrogens is 3. The Bertz CT molecular complexity index is 524. The molecule has 1 unspecified atom stereocenters. The molecular formula is C12H14N4O2. The third-order valence-corrected chi connectivity index (χ3v) is 2.65. The molecule has 6 nitrogen and oxygen atoms in total. The molecular weight excluding hydrogens is 232 g/mol. The Hall–Kier alpha value is -2.21. The van der Waals surface area contributed by atoms with Crippen LogP contribution in [0.1, 0.15) is 17.4 Å². The number of rotatable bonds is 5. The van der Waals surface area contributed by atoms with E-state index < -0.39 is 12.0 Å². The van der Waals surface area contributed by atoms with E-state index in [1.54, 1.807) is 23.9 Å². The summed E-state index contributed by atoms with van der Waals surface area (Å²) in [7, 11) is 1.77. The first kappa shape index (κ1) is 12.3. The number of hydrogen-bond donors (Lipinski definition) is 2. The van der Waals surface area contributed by atoms with Crippen molar-refractivity contribution in [3.05, 3.63) is 48.0 Å². The predicted molar refractivity (Wildman–Crippen MR) is 64.7 cm³/mol. The SMILES string of the molecule is Cn1ncnc1CNC(C(=O)O)c1ccccc1. The van der Waals surface area contributed by atoms with Crippen LogP contribution in [0.4, 0.5) is 0 Å². The molecule has 0 aliphatic rings. The second kappa shape index (κ2) is 5.42. The highest BCUT2D eigenvalue weighted by molar-refractivity contribution is 5.75. The Labute approximate surface area is 104 Å². The van der Waals surface area contributed by atoms with Crippen molar-refractivity contribution in [1.29, 1.82) is 0 Å². The van der Waals surface area contributed by atoms with Crippen LogP contribution in [-0.4, -0.2) is 25.8 Å². The maximum atomic E-state index is 11.2. The zero-order chi connectivity index (χ0) is 13.0. The number of aryl methyl sites for hydroxylation is 1. The lowest BCUT2D eigenvalue weighted by Crippen LogP contribution is -2.29. The van der Waals surface area contributed by atoms with Crippen molar-refractivity contribution in [2.45, 2.75) is 12.6 Å².